The second kappa shape index (κ2) is 3.92. The van der Waals surface area contributed by atoms with E-state index in [4.69, 9.17) is 5.73 Å². The largest absolute Gasteiger partial charge is 0.368 e. The van der Waals surface area contributed by atoms with E-state index in [1.807, 2.05) is 11.4 Å². The zero-order valence-electron chi connectivity index (χ0n) is 9.09. The summed E-state index contributed by atoms with van der Waals surface area (Å²) in [4.78, 5) is 21.3. The summed E-state index contributed by atoms with van der Waals surface area (Å²) in [6.45, 7) is 0. The summed E-state index contributed by atoms with van der Waals surface area (Å²) >= 11 is 1.68. The molecular weight excluding hydrogens is 234 g/mol. The van der Waals surface area contributed by atoms with Crippen LogP contribution in [0.15, 0.2) is 23.7 Å². The first-order valence-electron chi connectivity index (χ1n) is 5.42. The molecule has 0 saturated heterocycles. The number of fused-ring (bicyclic) bond motifs is 1. The van der Waals surface area contributed by atoms with Crippen molar-refractivity contribution in [2.75, 3.05) is 5.73 Å². The molecule has 0 amide bonds. The zero-order valence-corrected chi connectivity index (χ0v) is 9.91. The van der Waals surface area contributed by atoms with Gasteiger partial charge in [0.2, 0.25) is 5.95 Å². The first-order chi connectivity index (χ1) is 8.24. The van der Waals surface area contributed by atoms with E-state index >= 15 is 0 Å². The van der Waals surface area contributed by atoms with Gasteiger partial charge in [-0.25, -0.2) is 9.97 Å². The summed E-state index contributed by atoms with van der Waals surface area (Å²) in [6, 6.07) is 4.08. The van der Waals surface area contributed by atoms with Crippen LogP contribution in [0.1, 0.15) is 33.3 Å². The van der Waals surface area contributed by atoms with Crippen molar-refractivity contribution in [1.82, 2.24) is 9.97 Å². The number of nitrogens with zero attached hydrogens (tertiary/aromatic N) is 2. The van der Waals surface area contributed by atoms with Crippen LogP contribution < -0.4 is 5.73 Å². The summed E-state index contributed by atoms with van der Waals surface area (Å²) in [5.41, 5.74) is 6.98. The minimum absolute atomic E-state index is 0.115. The molecule has 0 aromatic carbocycles. The maximum atomic E-state index is 12.0. The van der Waals surface area contributed by atoms with Gasteiger partial charge in [0.25, 0.3) is 0 Å². The fourth-order valence-corrected chi connectivity index (χ4v) is 3.02. The Hall–Kier alpha value is -1.75. The molecule has 0 spiro atoms. The van der Waals surface area contributed by atoms with Crippen LogP contribution in [0, 0.1) is 0 Å². The third-order valence-corrected chi connectivity index (χ3v) is 4.04. The number of ketones is 1. The number of hydrogen-bond acceptors (Lipinski definition) is 5. The second-order valence-corrected chi connectivity index (χ2v) is 5.11. The molecule has 3 rings (SSSR count). The molecule has 1 aliphatic carbocycles. The highest BCUT2D eigenvalue weighted by Gasteiger charge is 2.28. The van der Waals surface area contributed by atoms with E-state index < -0.39 is 0 Å². The molecule has 1 atom stereocenters. The van der Waals surface area contributed by atoms with Crippen molar-refractivity contribution in [3.63, 3.8) is 0 Å². The Bertz CT molecular complexity index is 565. The number of aromatic nitrogens is 2. The van der Waals surface area contributed by atoms with Gasteiger partial charge < -0.3 is 5.73 Å². The maximum Gasteiger partial charge on any atom is 0.220 e. The average Bonchev–Trinajstić information content (AvgIpc) is 2.81. The van der Waals surface area contributed by atoms with Crippen LogP contribution in [0.4, 0.5) is 5.95 Å². The van der Waals surface area contributed by atoms with Crippen molar-refractivity contribution < 1.29 is 4.79 Å². The van der Waals surface area contributed by atoms with E-state index in [0.29, 0.717) is 12.0 Å². The van der Waals surface area contributed by atoms with E-state index in [1.54, 1.807) is 17.5 Å². The Morgan fingerprint density at radius 3 is 3.06 bits per heavy atom. The van der Waals surface area contributed by atoms with Gasteiger partial charge in [0.1, 0.15) is 0 Å². The third-order valence-electron chi connectivity index (χ3n) is 3.00. The zero-order chi connectivity index (χ0) is 11.8. The molecular formula is C12H11N3OS. The molecule has 0 fully saturated rings. The van der Waals surface area contributed by atoms with Crippen molar-refractivity contribution in [3.8, 4) is 0 Å². The van der Waals surface area contributed by atoms with Crippen molar-refractivity contribution in [3.05, 3.63) is 39.8 Å². The lowest BCUT2D eigenvalue weighted by Crippen LogP contribution is -2.20. The first kappa shape index (κ1) is 10.4. The summed E-state index contributed by atoms with van der Waals surface area (Å²) < 4.78 is 0. The molecule has 4 nitrogen and oxygen atoms in total. The van der Waals surface area contributed by atoms with E-state index in [0.717, 1.165) is 12.1 Å². The van der Waals surface area contributed by atoms with E-state index in [9.17, 15) is 4.79 Å². The predicted molar refractivity (Wildman–Crippen MR) is 66.2 cm³/mol. The highest BCUT2D eigenvalue weighted by atomic mass is 32.1. The summed E-state index contributed by atoms with van der Waals surface area (Å²) in [6.07, 6.45) is 2.86. The van der Waals surface area contributed by atoms with Crippen LogP contribution in [0.5, 0.6) is 0 Å². The third kappa shape index (κ3) is 1.82. The van der Waals surface area contributed by atoms with E-state index in [-0.39, 0.29) is 17.6 Å². The molecule has 17 heavy (non-hydrogen) atoms. The Morgan fingerprint density at radius 1 is 1.41 bits per heavy atom. The molecule has 0 saturated carbocycles. The molecule has 2 aromatic heterocycles. The normalized spacial score (nSPS) is 19.1. The highest BCUT2D eigenvalue weighted by molar-refractivity contribution is 7.10. The summed E-state index contributed by atoms with van der Waals surface area (Å²) in [5, 5.41) is 2.03. The van der Waals surface area contributed by atoms with Gasteiger partial charge in [0, 0.05) is 23.4 Å². The number of hydrogen-bond donors (Lipinski definition) is 1. The molecule has 1 aliphatic rings. The van der Waals surface area contributed by atoms with Gasteiger partial charge in [0.05, 0.1) is 11.3 Å². The van der Waals surface area contributed by atoms with Gasteiger partial charge in [-0.05, 0) is 17.9 Å². The van der Waals surface area contributed by atoms with Gasteiger partial charge >= 0.3 is 0 Å². The lowest BCUT2D eigenvalue weighted by molar-refractivity contribution is 0.0963. The molecule has 5 heteroatoms. The Balaban J connectivity index is 2.00. The minimum Gasteiger partial charge on any atom is -0.368 e. The first-order valence-corrected chi connectivity index (χ1v) is 6.30. The standard InChI is InChI=1S/C12H11N3OS/c13-12-14-6-8-9(15-12)4-7(5-10(8)16)11-2-1-3-17-11/h1-3,6-7H,4-5H2,(H2,13,14,15). The van der Waals surface area contributed by atoms with Gasteiger partial charge in [-0.2, -0.15) is 0 Å². The van der Waals surface area contributed by atoms with Crippen LogP contribution in [0.25, 0.3) is 0 Å². The highest BCUT2D eigenvalue weighted by Crippen LogP contribution is 2.33. The molecule has 2 N–H and O–H groups in total. The van der Waals surface area contributed by atoms with Gasteiger partial charge in [0.15, 0.2) is 5.78 Å². The quantitative estimate of drug-likeness (QED) is 0.834. The number of carbonyl (C=O) groups excluding carboxylic acids is 1. The van der Waals surface area contributed by atoms with Crippen LogP contribution >= 0.6 is 11.3 Å². The number of anilines is 1. The number of nitrogens with two attached hydrogens (primary N) is 1. The maximum absolute atomic E-state index is 12.0. The SMILES string of the molecule is Nc1ncc2c(n1)CC(c1cccs1)CC2=O. The molecule has 0 radical (unpaired) electrons. The van der Waals surface area contributed by atoms with Gasteiger partial charge in [-0.3, -0.25) is 4.79 Å². The van der Waals surface area contributed by atoms with Crippen LogP contribution in [-0.2, 0) is 6.42 Å². The molecule has 0 bridgehead atoms. The minimum atomic E-state index is 0.115. The fourth-order valence-electron chi connectivity index (χ4n) is 2.19. The predicted octanol–water partition coefficient (Wildman–Crippen LogP) is 2.03. The molecule has 0 aliphatic heterocycles. The number of rotatable bonds is 1. The van der Waals surface area contributed by atoms with Crippen LogP contribution in [-0.4, -0.2) is 15.8 Å². The number of carbonyl (C=O) groups is 1. The van der Waals surface area contributed by atoms with Crippen molar-refractivity contribution in [2.45, 2.75) is 18.8 Å². The molecule has 2 heterocycles. The molecule has 2 aromatic rings. The average molecular weight is 245 g/mol. The van der Waals surface area contributed by atoms with Gasteiger partial charge in [-0.15, -0.1) is 11.3 Å². The number of Topliss-reactive ketones (excluding diaryl/α,β-unsaturated/α-hetero) is 1. The summed E-state index contributed by atoms with van der Waals surface area (Å²) in [5.74, 6) is 0.595. The number of nitrogen functional groups attached to an aromatic ring is 1. The summed E-state index contributed by atoms with van der Waals surface area (Å²) in [7, 11) is 0. The van der Waals surface area contributed by atoms with Crippen LogP contribution in [0.2, 0.25) is 0 Å². The van der Waals surface area contributed by atoms with Crippen molar-refractivity contribution in [2.24, 2.45) is 0 Å². The lowest BCUT2D eigenvalue weighted by Gasteiger charge is -2.21. The van der Waals surface area contributed by atoms with Crippen LogP contribution in [0.3, 0.4) is 0 Å². The Kier molecular flexibility index (Phi) is 2.40. The Labute approximate surface area is 103 Å². The second-order valence-electron chi connectivity index (χ2n) is 4.13. The topological polar surface area (TPSA) is 68.9 Å². The smallest absolute Gasteiger partial charge is 0.220 e. The molecule has 86 valence electrons. The number of thiophene rings is 1. The van der Waals surface area contributed by atoms with E-state index in [2.05, 4.69) is 16.0 Å². The van der Waals surface area contributed by atoms with Crippen molar-refractivity contribution >= 4 is 23.1 Å². The molecule has 1 unspecified atom stereocenters. The van der Waals surface area contributed by atoms with Gasteiger partial charge in [-0.1, -0.05) is 6.07 Å². The Morgan fingerprint density at radius 2 is 2.29 bits per heavy atom. The monoisotopic (exact) mass is 245 g/mol. The van der Waals surface area contributed by atoms with E-state index in [1.165, 1.54) is 4.88 Å². The fraction of sp³-hybridized carbons (Fsp3) is 0.250. The lowest BCUT2D eigenvalue weighted by atomic mass is 9.86. The van der Waals surface area contributed by atoms with Crippen molar-refractivity contribution in [1.29, 1.82) is 0 Å².